The van der Waals surface area contributed by atoms with E-state index in [0.29, 0.717) is 56.4 Å². The van der Waals surface area contributed by atoms with E-state index < -0.39 is 59.6 Å². The van der Waals surface area contributed by atoms with Gasteiger partial charge in [0, 0.05) is 49.8 Å². The van der Waals surface area contributed by atoms with E-state index in [4.69, 9.17) is 9.47 Å². The van der Waals surface area contributed by atoms with E-state index in [-0.39, 0.29) is 86.9 Å². The number of Topliss-reactive ketones (excluding diaryl/α,β-unsaturated/α-hetero) is 1. The van der Waals surface area contributed by atoms with Crippen LogP contribution >= 0.6 is 12.4 Å². The van der Waals surface area contributed by atoms with Crippen LogP contribution in [-0.4, -0.2) is 110 Å². The maximum absolute atomic E-state index is 12.9. The topological polar surface area (TPSA) is 208 Å². The molecule has 0 radical (unpaired) electrons. The van der Waals surface area contributed by atoms with Gasteiger partial charge in [-0.1, -0.05) is 119 Å². The number of carbonyl (C=O) groups is 5. The summed E-state index contributed by atoms with van der Waals surface area (Å²) in [5.74, 6) is 4.96. The number of rotatable bonds is 12. The van der Waals surface area contributed by atoms with E-state index in [1.807, 2.05) is 32.9 Å². The Labute approximate surface area is 537 Å². The van der Waals surface area contributed by atoms with Crippen LogP contribution in [0.25, 0.3) is 10.8 Å². The molecule has 14 heteroatoms. The van der Waals surface area contributed by atoms with Crippen molar-refractivity contribution in [2.75, 3.05) is 20.2 Å². The first-order valence-electron chi connectivity index (χ1n) is 32.9. The average molecular weight is 1250 g/mol. The molecule has 0 aliphatic heterocycles. The fourth-order valence-corrected chi connectivity index (χ4v) is 19.6. The van der Waals surface area contributed by atoms with Crippen molar-refractivity contribution in [2.24, 2.45) is 73.9 Å². The largest absolute Gasteiger partial charge is 0.478 e. The van der Waals surface area contributed by atoms with Gasteiger partial charge in [0.25, 0.3) is 0 Å². The van der Waals surface area contributed by atoms with E-state index in [9.17, 15) is 49.5 Å². The van der Waals surface area contributed by atoms with Gasteiger partial charge in [-0.3, -0.25) is 24.1 Å². The fourth-order valence-electron chi connectivity index (χ4n) is 19.6. The van der Waals surface area contributed by atoms with Crippen molar-refractivity contribution in [3.8, 4) is 11.8 Å². The number of fused-ring (bicyclic) bond motifs is 11. The number of hydrogen-bond donors (Lipinski definition) is 5. The molecule has 0 aromatic heterocycles. The highest BCUT2D eigenvalue weighted by molar-refractivity contribution is 5.92. The Bertz CT molecular complexity index is 3150. The van der Waals surface area contributed by atoms with Crippen LogP contribution in [-0.2, 0) is 40.0 Å². The number of carboxylic acid groups (broad SMARTS) is 1. The number of carbonyl (C=O) groups excluding carboxylic acids is 4. The summed E-state index contributed by atoms with van der Waals surface area (Å²) in [5, 5.41) is 58.3. The normalized spacial score (nSPS) is 37.2. The number of allylic oxidation sites excluding steroid dienone is 4. The number of ketones is 2. The minimum Gasteiger partial charge on any atom is -0.478 e. The van der Waals surface area contributed by atoms with Crippen LogP contribution in [0.2, 0.25) is 0 Å². The number of aliphatic hydroxyl groups is 4. The number of esters is 2. The summed E-state index contributed by atoms with van der Waals surface area (Å²) in [5.41, 5.74) is 1.65. The zero-order chi connectivity index (χ0) is 64.7. The number of hydrogen-bond acceptors (Lipinski definition) is 12. The Morgan fingerprint density at radius 2 is 1.48 bits per heavy atom. The molecule has 490 valence electrons. The van der Waals surface area contributed by atoms with Crippen molar-refractivity contribution in [2.45, 2.75) is 223 Å². The minimum absolute atomic E-state index is 0. The van der Waals surface area contributed by atoms with Crippen molar-refractivity contribution in [1.82, 2.24) is 4.90 Å². The molecule has 7 fully saturated rings. The van der Waals surface area contributed by atoms with Gasteiger partial charge in [0.05, 0.1) is 18.3 Å². The van der Waals surface area contributed by atoms with Crippen LogP contribution in [0.5, 0.6) is 0 Å². The first-order valence-corrected chi connectivity index (χ1v) is 32.9. The van der Waals surface area contributed by atoms with Gasteiger partial charge < -0.3 is 35.0 Å². The quantitative estimate of drug-likeness (QED) is 0.0581. The summed E-state index contributed by atoms with van der Waals surface area (Å²) in [6, 6.07) is 15.1. The molecule has 8 aliphatic rings. The molecule has 10 rings (SSSR count). The lowest BCUT2D eigenvalue weighted by molar-refractivity contribution is -0.234. The molecule has 2 aromatic carbocycles. The van der Waals surface area contributed by atoms with Crippen LogP contribution in [0.4, 0.5) is 0 Å². The first-order chi connectivity index (χ1) is 41.2. The van der Waals surface area contributed by atoms with Gasteiger partial charge in [-0.25, -0.2) is 4.79 Å². The lowest BCUT2D eigenvalue weighted by Gasteiger charge is -2.69. The fraction of sp³-hybridized carbons (Fsp3) is 0.667. The number of benzene rings is 2. The lowest BCUT2D eigenvalue weighted by atomic mass is 9.36. The number of aliphatic hydroxyl groups excluding tert-OH is 3. The molecule has 7 saturated carbocycles. The second-order valence-corrected chi connectivity index (χ2v) is 30.6. The van der Waals surface area contributed by atoms with Gasteiger partial charge in [0.2, 0.25) is 5.78 Å². The van der Waals surface area contributed by atoms with Crippen LogP contribution in [0, 0.1) is 85.8 Å². The number of likely N-dealkylation sites (N-methyl/N-ethyl adjacent to an activating group) is 1. The molecule has 17 atom stereocenters. The Morgan fingerprint density at radius 3 is 2.15 bits per heavy atom. The summed E-state index contributed by atoms with van der Waals surface area (Å²) < 4.78 is 10.8. The molecule has 0 spiro atoms. The van der Waals surface area contributed by atoms with Gasteiger partial charge in [-0.15, -0.1) is 12.4 Å². The van der Waals surface area contributed by atoms with Crippen LogP contribution in [0.15, 0.2) is 89.1 Å². The Kier molecular flexibility index (Phi) is 22.3. The van der Waals surface area contributed by atoms with E-state index in [2.05, 4.69) is 128 Å². The minimum atomic E-state index is -1.58. The third kappa shape index (κ3) is 14.1. The van der Waals surface area contributed by atoms with Gasteiger partial charge in [-0.2, -0.15) is 0 Å². The molecule has 0 heterocycles. The summed E-state index contributed by atoms with van der Waals surface area (Å²) in [7, 11) is 2.14. The summed E-state index contributed by atoms with van der Waals surface area (Å²) in [6.45, 7) is 27.6. The zero-order valence-electron chi connectivity index (χ0n) is 55.9. The number of aliphatic carboxylic acids is 1. The van der Waals surface area contributed by atoms with Crippen LogP contribution in [0.3, 0.4) is 0 Å². The molecule has 0 unspecified atom stereocenters. The summed E-state index contributed by atoms with van der Waals surface area (Å²) >= 11 is 0. The molecule has 2 aromatic rings. The van der Waals surface area contributed by atoms with Crippen molar-refractivity contribution in [3.63, 3.8) is 0 Å². The molecular weight excluding hydrogens is 1140 g/mol. The zero-order valence-corrected chi connectivity index (χ0v) is 56.7. The smallest absolute Gasteiger partial charge is 0.331 e. The number of carboxylic acids is 1. The average Bonchev–Trinajstić information content (AvgIpc) is 1.67. The highest BCUT2D eigenvalue weighted by atomic mass is 35.5. The summed E-state index contributed by atoms with van der Waals surface area (Å²) in [6.07, 6.45) is 15.9. The van der Waals surface area contributed by atoms with E-state index >= 15 is 0 Å². The van der Waals surface area contributed by atoms with Gasteiger partial charge in [0.15, 0.2) is 12.4 Å². The van der Waals surface area contributed by atoms with Crippen molar-refractivity contribution >= 4 is 52.7 Å². The number of ether oxygens (including phenoxy) is 2. The molecule has 5 N–H and O–H groups in total. The number of nitrogens with zero attached hydrogens (tertiary/aromatic N) is 1. The Balaban J connectivity index is 0.000000195. The second-order valence-electron chi connectivity index (χ2n) is 30.6. The van der Waals surface area contributed by atoms with Crippen molar-refractivity contribution in [1.29, 1.82) is 0 Å². The van der Waals surface area contributed by atoms with E-state index in [0.717, 1.165) is 81.2 Å². The third-order valence-corrected chi connectivity index (χ3v) is 23.9. The SMILES string of the molecule is CC(=O)OCC(=O)[C@@]1(O)CC[C@H]2[C@@H]3CCC4=CC(=O)CC[C@]4(C)[C@H]3[C@@H](O)C[C@@]21C.CC(=O)O[C@H]1C[C@@]2(C)[C@@H](C[C@@H](O)[C@H]3[C@@]4(C)CC[C@@H](O)[C@@H](C)[C@@H]4CC[C@@]32C)/C1=C(\CCC=C(C)C)C(=O)O.CN(C/C=C/C#CC(C)(C)C)Cc1cccc2ccccc12.Cl. The molecule has 0 bridgehead atoms. The molecular formula is C75H106ClNO12. The highest BCUT2D eigenvalue weighted by Crippen LogP contribution is 2.75. The van der Waals surface area contributed by atoms with Crippen LogP contribution in [0.1, 0.15) is 192 Å². The van der Waals surface area contributed by atoms with E-state index in [1.54, 1.807) is 6.08 Å². The van der Waals surface area contributed by atoms with Crippen molar-refractivity contribution < 1.29 is 59.0 Å². The maximum Gasteiger partial charge on any atom is 0.331 e. The highest BCUT2D eigenvalue weighted by Gasteiger charge is 2.72. The summed E-state index contributed by atoms with van der Waals surface area (Å²) in [4.78, 5) is 63.1. The second kappa shape index (κ2) is 27.7. The van der Waals surface area contributed by atoms with Gasteiger partial charge >= 0.3 is 17.9 Å². The molecule has 0 saturated heterocycles. The van der Waals surface area contributed by atoms with Crippen LogP contribution < -0.4 is 0 Å². The third-order valence-electron chi connectivity index (χ3n) is 23.9. The predicted molar refractivity (Wildman–Crippen MR) is 351 cm³/mol. The van der Waals surface area contributed by atoms with Gasteiger partial charge in [0.1, 0.15) is 11.7 Å². The standard InChI is InChI=1S/C31H48O6.C23H32O6.C21H25N.ClH/c1-17(2)9-8-10-20(28(35)36)26-22-15-24(34)27-29(5)13-12-23(33)18(3)21(29)11-14-30(27,6)31(22,7)16-25(26)37-19(4)32;1-13(24)29-12-19(27)23(28)9-7-17-16-5-4-14-10-15(25)6-8-21(14,2)20(16)18(26)11-22(17,23)3;1-21(2,3)15-8-5-9-16-22(4)17-19-13-10-12-18-11-6-7-14-20(18)19;/h9,18,21-25,27,33-34H,8,10-16H2,1-7H3,(H,35,36);10,16-18,20,26,28H,4-9,11-12H2,1-3H3;5-7,9-14H,16-17H2,1-4H3;1H/b26-20-;;9-5+;/t18-,21-,22-,23+,24+,25-,27-,29-,30-,31-;16-,17-,18-,20+,21-,22-,23-;;/m00../s1. The Hall–Kier alpha value is -4.94. The molecule has 8 aliphatic carbocycles. The predicted octanol–water partition coefficient (Wildman–Crippen LogP) is 13.3. The first kappa shape index (κ1) is 71.5. The van der Waals surface area contributed by atoms with Gasteiger partial charge in [-0.05, 0) is 229 Å². The monoisotopic (exact) mass is 1250 g/mol. The Morgan fingerprint density at radius 1 is 0.798 bits per heavy atom. The van der Waals surface area contributed by atoms with E-state index in [1.165, 1.54) is 30.2 Å². The molecule has 13 nitrogen and oxygen atoms in total. The molecule has 89 heavy (non-hydrogen) atoms. The number of halogens is 1. The maximum atomic E-state index is 12.9. The molecule has 0 amide bonds. The lowest BCUT2D eigenvalue weighted by Crippen LogP contribution is -2.65. The van der Waals surface area contributed by atoms with Crippen molar-refractivity contribution in [3.05, 3.63) is 94.6 Å².